The van der Waals surface area contributed by atoms with Gasteiger partial charge in [0, 0.05) is 29.3 Å². The zero-order chi connectivity index (χ0) is 15.6. The summed E-state index contributed by atoms with van der Waals surface area (Å²) in [5.74, 6) is -0.0572. The van der Waals surface area contributed by atoms with Gasteiger partial charge in [-0.25, -0.2) is 4.98 Å². The maximum Gasteiger partial charge on any atom is 0.237 e. The topological polar surface area (TPSA) is 51.2 Å². The molecule has 1 N–H and O–H groups in total. The van der Waals surface area contributed by atoms with E-state index < -0.39 is 5.41 Å². The third-order valence-corrected chi connectivity index (χ3v) is 5.17. The summed E-state index contributed by atoms with van der Waals surface area (Å²) in [7, 11) is 0. The van der Waals surface area contributed by atoms with Gasteiger partial charge in [-0.2, -0.15) is 0 Å². The van der Waals surface area contributed by atoms with Crippen LogP contribution in [-0.4, -0.2) is 24.1 Å². The van der Waals surface area contributed by atoms with Crippen LogP contribution in [0.5, 0.6) is 0 Å². The van der Waals surface area contributed by atoms with Gasteiger partial charge >= 0.3 is 0 Å². The molecule has 1 amide bonds. The van der Waals surface area contributed by atoms with E-state index in [1.807, 2.05) is 31.2 Å². The number of aryl methyl sites for hydroxylation is 1. The Hall–Kier alpha value is -1.43. The molecule has 0 spiro atoms. The number of nitrogens with zero attached hydrogens (tertiary/aromatic N) is 1. The van der Waals surface area contributed by atoms with Crippen molar-refractivity contribution >= 4 is 34.0 Å². The highest BCUT2D eigenvalue weighted by atomic mass is 35.5. The third-order valence-electron chi connectivity index (χ3n) is 4.01. The number of ether oxygens (including phenoxy) is 1. The lowest BCUT2D eigenvalue weighted by Gasteiger charge is -2.36. The van der Waals surface area contributed by atoms with E-state index in [9.17, 15) is 4.79 Å². The summed E-state index contributed by atoms with van der Waals surface area (Å²) in [6, 6.07) is 7.55. The summed E-state index contributed by atoms with van der Waals surface area (Å²) in [6.45, 7) is 3.07. The number of carbonyl (C=O) groups is 1. The van der Waals surface area contributed by atoms with Crippen molar-refractivity contribution in [3.05, 3.63) is 45.9 Å². The molecule has 2 heterocycles. The second-order valence-corrected chi connectivity index (χ2v) is 7.05. The Morgan fingerprint density at radius 1 is 1.36 bits per heavy atom. The van der Waals surface area contributed by atoms with Crippen LogP contribution in [0, 0.1) is 6.92 Å². The van der Waals surface area contributed by atoms with E-state index in [4.69, 9.17) is 16.3 Å². The van der Waals surface area contributed by atoms with Crippen molar-refractivity contribution in [3.8, 4) is 0 Å². The second kappa shape index (κ2) is 6.36. The number of halogens is 1. The van der Waals surface area contributed by atoms with Crippen molar-refractivity contribution in [3.63, 3.8) is 0 Å². The Morgan fingerprint density at radius 3 is 2.73 bits per heavy atom. The van der Waals surface area contributed by atoms with Gasteiger partial charge in [0.25, 0.3) is 0 Å². The molecule has 1 aromatic carbocycles. The van der Waals surface area contributed by atoms with Gasteiger partial charge in [-0.1, -0.05) is 29.8 Å². The van der Waals surface area contributed by atoms with Crippen molar-refractivity contribution in [1.29, 1.82) is 0 Å². The molecule has 6 heteroatoms. The predicted molar refractivity (Wildman–Crippen MR) is 88.7 cm³/mol. The van der Waals surface area contributed by atoms with E-state index >= 15 is 0 Å². The van der Waals surface area contributed by atoms with Crippen LogP contribution < -0.4 is 5.32 Å². The van der Waals surface area contributed by atoms with Crippen LogP contribution >= 0.6 is 22.9 Å². The molecule has 0 unspecified atom stereocenters. The highest BCUT2D eigenvalue weighted by Gasteiger charge is 2.43. The molecule has 0 bridgehead atoms. The summed E-state index contributed by atoms with van der Waals surface area (Å²) in [5, 5.41) is 4.20. The van der Waals surface area contributed by atoms with Gasteiger partial charge in [-0.05, 0) is 31.4 Å². The Morgan fingerprint density at radius 2 is 2.09 bits per heavy atom. The number of hydrogen-bond acceptors (Lipinski definition) is 4. The maximum absolute atomic E-state index is 13.0. The molecule has 1 aliphatic rings. The molecule has 4 nitrogen and oxygen atoms in total. The molecule has 0 radical (unpaired) electrons. The lowest BCUT2D eigenvalue weighted by molar-refractivity contribution is -0.125. The van der Waals surface area contributed by atoms with Crippen LogP contribution in [0.15, 0.2) is 30.5 Å². The van der Waals surface area contributed by atoms with Gasteiger partial charge in [0.1, 0.15) is 0 Å². The number of aromatic nitrogens is 1. The number of anilines is 1. The van der Waals surface area contributed by atoms with E-state index in [2.05, 4.69) is 10.3 Å². The molecule has 0 aliphatic carbocycles. The SMILES string of the molecule is Cc1cnc(NC(=O)C2(c3ccccc3Cl)CCOCC2)s1. The minimum Gasteiger partial charge on any atom is -0.381 e. The second-order valence-electron chi connectivity index (χ2n) is 5.40. The summed E-state index contributed by atoms with van der Waals surface area (Å²) in [5.41, 5.74) is 0.210. The summed E-state index contributed by atoms with van der Waals surface area (Å²) < 4.78 is 5.45. The van der Waals surface area contributed by atoms with Crippen molar-refractivity contribution in [1.82, 2.24) is 4.98 Å². The number of nitrogens with one attached hydrogen (secondary N) is 1. The van der Waals surface area contributed by atoms with E-state index in [1.54, 1.807) is 6.20 Å². The lowest BCUT2D eigenvalue weighted by Crippen LogP contribution is -2.45. The molecule has 3 rings (SSSR count). The molecule has 116 valence electrons. The Labute approximate surface area is 138 Å². The van der Waals surface area contributed by atoms with Gasteiger partial charge < -0.3 is 10.1 Å². The van der Waals surface area contributed by atoms with Crippen LogP contribution in [0.3, 0.4) is 0 Å². The first-order chi connectivity index (χ1) is 10.6. The van der Waals surface area contributed by atoms with Crippen LogP contribution in [0.1, 0.15) is 23.3 Å². The zero-order valence-corrected chi connectivity index (χ0v) is 13.8. The summed E-state index contributed by atoms with van der Waals surface area (Å²) in [4.78, 5) is 18.3. The van der Waals surface area contributed by atoms with Gasteiger partial charge in [0.2, 0.25) is 5.91 Å². The average Bonchev–Trinajstić information content (AvgIpc) is 2.93. The monoisotopic (exact) mass is 336 g/mol. The molecule has 0 atom stereocenters. The maximum atomic E-state index is 13.0. The van der Waals surface area contributed by atoms with Crippen molar-refractivity contribution in [2.45, 2.75) is 25.2 Å². The van der Waals surface area contributed by atoms with E-state index in [1.165, 1.54) is 11.3 Å². The fourth-order valence-corrected chi connectivity index (χ4v) is 3.79. The quantitative estimate of drug-likeness (QED) is 0.927. The molecule has 1 aromatic heterocycles. The predicted octanol–water partition coefficient (Wildman–Crippen LogP) is 3.79. The molecule has 0 saturated carbocycles. The number of benzene rings is 1. The number of amides is 1. The van der Waals surface area contributed by atoms with Crippen LogP contribution in [0.4, 0.5) is 5.13 Å². The Balaban J connectivity index is 1.95. The Bertz CT molecular complexity index is 680. The molecular formula is C16H17ClN2O2S. The molecule has 1 saturated heterocycles. The van der Waals surface area contributed by atoms with Crippen molar-refractivity contribution in [2.24, 2.45) is 0 Å². The first-order valence-corrected chi connectivity index (χ1v) is 8.38. The highest BCUT2D eigenvalue weighted by Crippen LogP contribution is 2.39. The van der Waals surface area contributed by atoms with Crippen LogP contribution in [0.25, 0.3) is 0 Å². The van der Waals surface area contributed by atoms with Crippen molar-refractivity contribution < 1.29 is 9.53 Å². The fraction of sp³-hybridized carbons (Fsp3) is 0.375. The first-order valence-electron chi connectivity index (χ1n) is 7.18. The number of carbonyl (C=O) groups excluding carboxylic acids is 1. The van der Waals surface area contributed by atoms with Crippen molar-refractivity contribution in [2.75, 3.05) is 18.5 Å². The third kappa shape index (κ3) is 2.89. The van der Waals surface area contributed by atoms with E-state index in [0.717, 1.165) is 10.4 Å². The van der Waals surface area contributed by atoms with Gasteiger partial charge in [-0.15, -0.1) is 11.3 Å². The summed E-state index contributed by atoms with van der Waals surface area (Å²) in [6.07, 6.45) is 2.99. The molecule has 22 heavy (non-hydrogen) atoms. The number of thiazole rings is 1. The Kier molecular flexibility index (Phi) is 4.47. The smallest absolute Gasteiger partial charge is 0.237 e. The van der Waals surface area contributed by atoms with Crippen LogP contribution in [-0.2, 0) is 14.9 Å². The van der Waals surface area contributed by atoms with E-state index in [0.29, 0.717) is 36.2 Å². The molecule has 1 aliphatic heterocycles. The first kappa shape index (κ1) is 15.5. The average molecular weight is 337 g/mol. The lowest BCUT2D eigenvalue weighted by atomic mass is 9.73. The normalized spacial score (nSPS) is 17.2. The highest BCUT2D eigenvalue weighted by molar-refractivity contribution is 7.15. The van der Waals surface area contributed by atoms with E-state index in [-0.39, 0.29) is 5.91 Å². The number of hydrogen-bond donors (Lipinski definition) is 1. The standard InChI is InChI=1S/C16H17ClN2O2S/c1-11-10-18-15(22-11)19-14(20)16(6-8-21-9-7-16)12-4-2-3-5-13(12)17/h2-5,10H,6-9H2,1H3,(H,18,19,20). The van der Waals surface area contributed by atoms with Gasteiger partial charge in [0.15, 0.2) is 5.13 Å². The molecule has 2 aromatic rings. The zero-order valence-electron chi connectivity index (χ0n) is 12.3. The van der Waals surface area contributed by atoms with Crippen LogP contribution in [0.2, 0.25) is 5.02 Å². The minimum absolute atomic E-state index is 0.0572. The molecular weight excluding hydrogens is 320 g/mol. The molecule has 1 fully saturated rings. The largest absolute Gasteiger partial charge is 0.381 e. The number of rotatable bonds is 3. The minimum atomic E-state index is -0.657. The van der Waals surface area contributed by atoms with Gasteiger partial charge in [-0.3, -0.25) is 4.79 Å². The summed E-state index contributed by atoms with van der Waals surface area (Å²) >= 11 is 7.84. The fourth-order valence-electron chi connectivity index (χ4n) is 2.82. The van der Waals surface area contributed by atoms with Gasteiger partial charge in [0.05, 0.1) is 5.41 Å².